The average molecular weight is 341 g/mol. The number of piperazine rings is 1. The molecule has 8 nitrogen and oxygen atoms in total. The highest BCUT2D eigenvalue weighted by Crippen LogP contribution is 2.16. The van der Waals surface area contributed by atoms with Gasteiger partial charge in [0, 0.05) is 31.9 Å². The van der Waals surface area contributed by atoms with E-state index in [1.54, 1.807) is 17.9 Å². The topological polar surface area (TPSA) is 109 Å². The van der Waals surface area contributed by atoms with Crippen molar-refractivity contribution in [2.45, 2.75) is 26.7 Å². The molecule has 2 heterocycles. The van der Waals surface area contributed by atoms with Crippen LogP contribution in [0.2, 0.25) is 0 Å². The molecule has 23 heavy (non-hydrogen) atoms. The molecular formula is C14H23N5O3S. The molecule has 2 N–H and O–H groups in total. The van der Waals surface area contributed by atoms with Crippen LogP contribution in [0.15, 0.2) is 6.07 Å². The van der Waals surface area contributed by atoms with Crippen LogP contribution in [0.4, 0.5) is 5.95 Å². The summed E-state index contributed by atoms with van der Waals surface area (Å²) < 4.78 is 25.1. The number of nitrogen functional groups attached to an aromatic ring is 1. The van der Waals surface area contributed by atoms with Gasteiger partial charge in [0.1, 0.15) is 5.69 Å². The quantitative estimate of drug-likeness (QED) is 0.843. The Morgan fingerprint density at radius 2 is 1.87 bits per heavy atom. The van der Waals surface area contributed by atoms with Gasteiger partial charge in [0.15, 0.2) is 0 Å². The smallest absolute Gasteiger partial charge is 0.272 e. The highest BCUT2D eigenvalue weighted by Gasteiger charge is 2.28. The minimum absolute atomic E-state index is 0.0706. The number of aromatic nitrogens is 2. The molecule has 9 heteroatoms. The molecule has 0 spiro atoms. The fraction of sp³-hybridized carbons (Fsp3) is 0.643. The van der Waals surface area contributed by atoms with Gasteiger partial charge in [-0.15, -0.1) is 0 Å². The van der Waals surface area contributed by atoms with Crippen molar-refractivity contribution in [3.05, 3.63) is 17.5 Å². The Morgan fingerprint density at radius 3 is 2.39 bits per heavy atom. The van der Waals surface area contributed by atoms with E-state index < -0.39 is 10.0 Å². The van der Waals surface area contributed by atoms with Crippen LogP contribution in [0.25, 0.3) is 0 Å². The average Bonchev–Trinajstić information content (AvgIpc) is 2.53. The Labute approximate surface area is 136 Å². The van der Waals surface area contributed by atoms with Gasteiger partial charge >= 0.3 is 0 Å². The number of sulfonamides is 1. The van der Waals surface area contributed by atoms with E-state index >= 15 is 0 Å². The molecule has 1 aromatic heterocycles. The molecule has 0 bridgehead atoms. The van der Waals surface area contributed by atoms with Gasteiger partial charge in [-0.2, -0.15) is 4.31 Å². The van der Waals surface area contributed by atoms with Crippen molar-refractivity contribution in [2.75, 3.05) is 37.7 Å². The van der Waals surface area contributed by atoms with E-state index in [0.717, 1.165) is 0 Å². The number of amides is 1. The maximum Gasteiger partial charge on any atom is 0.272 e. The first kappa shape index (κ1) is 17.6. The number of hydrogen-bond donors (Lipinski definition) is 1. The SMILES string of the molecule is CCS(=O)(=O)N1CCN(C(=O)c2cc(C(C)C)nc(N)n2)CC1. The van der Waals surface area contributed by atoms with Gasteiger partial charge in [-0.25, -0.2) is 18.4 Å². The molecule has 0 aliphatic carbocycles. The fourth-order valence-electron chi connectivity index (χ4n) is 2.40. The molecule has 2 rings (SSSR count). The summed E-state index contributed by atoms with van der Waals surface area (Å²) in [5, 5.41) is 0. The van der Waals surface area contributed by atoms with Crippen molar-refractivity contribution in [3.63, 3.8) is 0 Å². The van der Waals surface area contributed by atoms with Crippen molar-refractivity contribution in [3.8, 4) is 0 Å². The van der Waals surface area contributed by atoms with Gasteiger partial charge in [-0.3, -0.25) is 4.79 Å². The molecule has 1 aromatic rings. The van der Waals surface area contributed by atoms with Crippen LogP contribution >= 0.6 is 0 Å². The molecule has 0 unspecified atom stereocenters. The number of carbonyl (C=O) groups excluding carboxylic acids is 1. The Kier molecular flexibility index (Phi) is 5.20. The second kappa shape index (κ2) is 6.79. The van der Waals surface area contributed by atoms with Crippen LogP contribution in [0.3, 0.4) is 0 Å². The summed E-state index contributed by atoms with van der Waals surface area (Å²) in [5.74, 6) is 0.0425. The Bertz CT molecular complexity index is 682. The number of rotatable bonds is 4. The molecule has 128 valence electrons. The first-order valence-electron chi connectivity index (χ1n) is 7.66. The molecule has 1 saturated heterocycles. The maximum absolute atomic E-state index is 12.6. The lowest BCUT2D eigenvalue weighted by atomic mass is 10.1. The van der Waals surface area contributed by atoms with E-state index in [2.05, 4.69) is 9.97 Å². The van der Waals surface area contributed by atoms with Gasteiger partial charge < -0.3 is 10.6 Å². The van der Waals surface area contributed by atoms with Crippen molar-refractivity contribution < 1.29 is 13.2 Å². The van der Waals surface area contributed by atoms with Crippen molar-refractivity contribution in [1.29, 1.82) is 0 Å². The molecule has 0 atom stereocenters. The molecule has 1 aliphatic heterocycles. The van der Waals surface area contributed by atoms with Crippen LogP contribution in [0.1, 0.15) is 42.9 Å². The maximum atomic E-state index is 12.6. The molecule has 1 amide bonds. The second-order valence-corrected chi connectivity index (χ2v) is 8.04. The second-order valence-electron chi connectivity index (χ2n) is 5.78. The Balaban J connectivity index is 2.11. The highest BCUT2D eigenvalue weighted by atomic mass is 32.2. The first-order chi connectivity index (χ1) is 10.7. The van der Waals surface area contributed by atoms with Crippen molar-refractivity contribution in [1.82, 2.24) is 19.2 Å². The minimum atomic E-state index is -3.21. The zero-order chi connectivity index (χ0) is 17.2. The zero-order valence-corrected chi connectivity index (χ0v) is 14.5. The van der Waals surface area contributed by atoms with Gasteiger partial charge in [0.25, 0.3) is 5.91 Å². The van der Waals surface area contributed by atoms with E-state index in [0.29, 0.717) is 31.9 Å². The summed E-state index contributed by atoms with van der Waals surface area (Å²) in [5.41, 5.74) is 6.65. The molecule has 0 radical (unpaired) electrons. The normalized spacial score (nSPS) is 16.8. The third-order valence-corrected chi connectivity index (χ3v) is 5.74. The lowest BCUT2D eigenvalue weighted by molar-refractivity contribution is 0.0692. The summed E-state index contributed by atoms with van der Waals surface area (Å²) in [6, 6.07) is 1.65. The van der Waals surface area contributed by atoms with Gasteiger partial charge in [-0.1, -0.05) is 13.8 Å². The van der Waals surface area contributed by atoms with E-state index in [9.17, 15) is 13.2 Å². The molecule has 1 fully saturated rings. The van der Waals surface area contributed by atoms with Crippen molar-refractivity contribution in [2.24, 2.45) is 0 Å². The van der Waals surface area contributed by atoms with Crippen LogP contribution in [-0.4, -0.2) is 65.4 Å². The predicted octanol–water partition coefficient (Wildman–Crippen LogP) is 0.290. The van der Waals surface area contributed by atoms with E-state index in [1.165, 1.54) is 4.31 Å². The number of nitrogens with two attached hydrogens (primary N) is 1. The van der Waals surface area contributed by atoms with Crippen LogP contribution in [0, 0.1) is 0 Å². The van der Waals surface area contributed by atoms with Gasteiger partial charge in [0.2, 0.25) is 16.0 Å². The summed E-state index contributed by atoms with van der Waals surface area (Å²) in [4.78, 5) is 22.3. The Morgan fingerprint density at radius 1 is 1.26 bits per heavy atom. The zero-order valence-electron chi connectivity index (χ0n) is 13.7. The minimum Gasteiger partial charge on any atom is -0.368 e. The lowest BCUT2D eigenvalue weighted by Crippen LogP contribution is -2.51. The molecule has 0 saturated carbocycles. The Hall–Kier alpha value is -1.74. The monoisotopic (exact) mass is 341 g/mol. The summed E-state index contributed by atoms with van der Waals surface area (Å²) >= 11 is 0. The number of anilines is 1. The largest absolute Gasteiger partial charge is 0.368 e. The number of nitrogens with zero attached hydrogens (tertiary/aromatic N) is 4. The summed E-state index contributed by atoms with van der Waals surface area (Å²) in [6.07, 6.45) is 0. The standard InChI is InChI=1S/C14H23N5O3S/c1-4-23(21,22)19-7-5-18(6-8-19)13(20)12-9-11(10(2)3)16-14(15)17-12/h9-10H,4-8H2,1-3H3,(H2,15,16,17). The predicted molar refractivity (Wildman–Crippen MR) is 87.5 cm³/mol. The van der Waals surface area contributed by atoms with Gasteiger partial charge in [-0.05, 0) is 18.9 Å². The van der Waals surface area contributed by atoms with Crippen molar-refractivity contribution >= 4 is 21.9 Å². The third kappa shape index (κ3) is 3.97. The fourth-order valence-corrected chi connectivity index (χ4v) is 3.49. The third-order valence-electron chi connectivity index (χ3n) is 3.86. The lowest BCUT2D eigenvalue weighted by Gasteiger charge is -2.33. The van der Waals surface area contributed by atoms with Crippen LogP contribution < -0.4 is 5.73 Å². The highest BCUT2D eigenvalue weighted by molar-refractivity contribution is 7.89. The molecular weight excluding hydrogens is 318 g/mol. The van der Waals surface area contributed by atoms with E-state index in [-0.39, 0.29) is 29.2 Å². The summed E-state index contributed by atoms with van der Waals surface area (Å²) in [6.45, 7) is 6.84. The molecule has 1 aliphatic rings. The van der Waals surface area contributed by atoms with E-state index in [1.807, 2.05) is 13.8 Å². The first-order valence-corrected chi connectivity index (χ1v) is 9.27. The van der Waals surface area contributed by atoms with Crippen LogP contribution in [-0.2, 0) is 10.0 Å². The number of carbonyl (C=O) groups is 1. The van der Waals surface area contributed by atoms with Crippen LogP contribution in [0.5, 0.6) is 0 Å². The summed E-state index contributed by atoms with van der Waals surface area (Å²) in [7, 11) is -3.21. The van der Waals surface area contributed by atoms with Gasteiger partial charge in [0.05, 0.1) is 5.75 Å². The van der Waals surface area contributed by atoms with E-state index in [4.69, 9.17) is 5.73 Å². The molecule has 0 aromatic carbocycles. The number of hydrogen-bond acceptors (Lipinski definition) is 6.